The first-order valence-corrected chi connectivity index (χ1v) is 9.32. The molecule has 6 heteroatoms. The molecule has 2 amide bonds. The molecule has 0 atom stereocenters. The van der Waals surface area contributed by atoms with Crippen LogP contribution in [0.25, 0.3) is 10.9 Å². The van der Waals surface area contributed by atoms with Crippen LogP contribution in [0.2, 0.25) is 0 Å². The van der Waals surface area contributed by atoms with Crippen LogP contribution in [0.4, 0.5) is 5.69 Å². The summed E-state index contributed by atoms with van der Waals surface area (Å²) in [5, 5.41) is 3.73. The molecule has 6 nitrogen and oxygen atoms in total. The Kier molecular flexibility index (Phi) is 4.69. The maximum Gasteiger partial charge on any atom is 0.253 e. The molecule has 0 radical (unpaired) electrons. The highest BCUT2D eigenvalue weighted by molar-refractivity contribution is 5.97. The maximum atomic E-state index is 12.4. The Bertz CT molecular complexity index is 1120. The minimum atomic E-state index is -0.261. The Morgan fingerprint density at radius 1 is 1.11 bits per heavy atom. The molecule has 2 aromatic carbocycles. The standard InChI is InChI=1S/C22H21N3O3/c1-14-4-9-19-16(11-14)12-17(22(28)24-19)13-23-21(27)15-5-7-18(8-6-15)25-10-2-3-20(25)26/h4-9,11-12H,2-3,10,13H2,1H3,(H,23,27)(H,24,28). The second-order valence-electron chi connectivity index (χ2n) is 7.09. The molecule has 1 aliphatic rings. The zero-order valence-electron chi connectivity index (χ0n) is 15.6. The van der Waals surface area contributed by atoms with E-state index in [0.717, 1.165) is 28.6 Å². The van der Waals surface area contributed by atoms with Crippen molar-refractivity contribution in [3.8, 4) is 0 Å². The summed E-state index contributed by atoms with van der Waals surface area (Å²) in [6.45, 7) is 2.85. The molecule has 1 aromatic heterocycles. The van der Waals surface area contributed by atoms with Crippen LogP contribution >= 0.6 is 0 Å². The van der Waals surface area contributed by atoms with Crippen molar-refractivity contribution in [2.24, 2.45) is 0 Å². The van der Waals surface area contributed by atoms with E-state index < -0.39 is 0 Å². The summed E-state index contributed by atoms with van der Waals surface area (Å²) in [4.78, 5) is 41.1. The first kappa shape index (κ1) is 18.0. The number of amides is 2. The van der Waals surface area contributed by atoms with E-state index in [1.165, 1.54) is 0 Å². The van der Waals surface area contributed by atoms with Crippen molar-refractivity contribution in [2.75, 3.05) is 11.4 Å². The number of carbonyl (C=O) groups is 2. The van der Waals surface area contributed by atoms with E-state index in [1.54, 1.807) is 29.2 Å². The number of H-pyrrole nitrogens is 1. The molecule has 4 rings (SSSR count). The number of carbonyl (C=O) groups excluding carboxylic acids is 2. The second-order valence-corrected chi connectivity index (χ2v) is 7.09. The summed E-state index contributed by atoms with van der Waals surface area (Å²) in [6, 6.07) is 14.6. The largest absolute Gasteiger partial charge is 0.348 e. The molecule has 1 fully saturated rings. The van der Waals surface area contributed by atoms with E-state index >= 15 is 0 Å². The lowest BCUT2D eigenvalue weighted by Crippen LogP contribution is -2.27. The summed E-state index contributed by atoms with van der Waals surface area (Å²) in [5.74, 6) is -0.147. The molecule has 0 unspecified atom stereocenters. The third kappa shape index (κ3) is 3.53. The number of rotatable bonds is 4. The van der Waals surface area contributed by atoms with Crippen LogP contribution in [-0.4, -0.2) is 23.3 Å². The molecule has 0 saturated carbocycles. The van der Waals surface area contributed by atoms with Crippen LogP contribution in [0.5, 0.6) is 0 Å². The average Bonchev–Trinajstić information content (AvgIpc) is 3.12. The molecular weight excluding hydrogens is 354 g/mol. The number of hydrogen-bond donors (Lipinski definition) is 2. The predicted molar refractivity (Wildman–Crippen MR) is 109 cm³/mol. The van der Waals surface area contributed by atoms with E-state index in [1.807, 2.05) is 31.2 Å². The molecule has 0 aliphatic carbocycles. The number of hydrogen-bond acceptors (Lipinski definition) is 3. The Balaban J connectivity index is 1.47. The summed E-state index contributed by atoms with van der Waals surface area (Å²) < 4.78 is 0. The maximum absolute atomic E-state index is 12.4. The van der Waals surface area contributed by atoms with Crippen molar-refractivity contribution in [1.29, 1.82) is 0 Å². The van der Waals surface area contributed by atoms with Crippen LogP contribution in [0.1, 0.15) is 34.3 Å². The third-order valence-electron chi connectivity index (χ3n) is 5.03. The highest BCUT2D eigenvalue weighted by Crippen LogP contribution is 2.21. The second kappa shape index (κ2) is 7.31. The van der Waals surface area contributed by atoms with Gasteiger partial charge in [-0.1, -0.05) is 11.6 Å². The van der Waals surface area contributed by atoms with E-state index in [0.29, 0.717) is 24.1 Å². The molecule has 28 heavy (non-hydrogen) atoms. The van der Waals surface area contributed by atoms with Gasteiger partial charge in [0.05, 0.1) is 0 Å². The van der Waals surface area contributed by atoms with Gasteiger partial charge in [0.15, 0.2) is 0 Å². The Hall–Kier alpha value is -3.41. The molecule has 1 saturated heterocycles. The molecule has 3 aromatic rings. The van der Waals surface area contributed by atoms with Gasteiger partial charge in [0, 0.05) is 41.8 Å². The average molecular weight is 375 g/mol. The van der Waals surface area contributed by atoms with Crippen LogP contribution in [0, 0.1) is 6.92 Å². The molecule has 0 bridgehead atoms. The Labute approximate surface area is 162 Å². The highest BCUT2D eigenvalue weighted by atomic mass is 16.2. The van der Waals surface area contributed by atoms with Gasteiger partial charge in [0.2, 0.25) is 5.91 Å². The molecule has 0 spiro atoms. The number of nitrogens with zero attached hydrogens (tertiary/aromatic N) is 1. The van der Waals surface area contributed by atoms with Gasteiger partial charge in [-0.2, -0.15) is 0 Å². The third-order valence-corrected chi connectivity index (χ3v) is 5.03. The number of benzene rings is 2. The van der Waals surface area contributed by atoms with Gasteiger partial charge in [-0.3, -0.25) is 14.4 Å². The molecule has 142 valence electrons. The summed E-state index contributed by atoms with van der Waals surface area (Å²) in [7, 11) is 0. The van der Waals surface area contributed by atoms with Crippen LogP contribution in [0.3, 0.4) is 0 Å². The molecule has 1 aliphatic heterocycles. The van der Waals surface area contributed by atoms with E-state index in [9.17, 15) is 14.4 Å². The first-order chi connectivity index (χ1) is 13.5. The number of fused-ring (bicyclic) bond motifs is 1. The lowest BCUT2D eigenvalue weighted by Gasteiger charge is -2.15. The summed E-state index contributed by atoms with van der Waals surface area (Å²) in [6.07, 6.45) is 1.43. The fourth-order valence-corrected chi connectivity index (χ4v) is 3.49. The number of aromatic amines is 1. The van der Waals surface area contributed by atoms with Gasteiger partial charge < -0.3 is 15.2 Å². The molecular formula is C22H21N3O3. The highest BCUT2D eigenvalue weighted by Gasteiger charge is 2.21. The van der Waals surface area contributed by atoms with Crippen LogP contribution in [-0.2, 0) is 11.3 Å². The number of aryl methyl sites for hydroxylation is 1. The fourth-order valence-electron chi connectivity index (χ4n) is 3.49. The quantitative estimate of drug-likeness (QED) is 0.736. The first-order valence-electron chi connectivity index (χ1n) is 9.32. The lowest BCUT2D eigenvalue weighted by atomic mass is 10.1. The zero-order chi connectivity index (χ0) is 19.7. The molecule has 2 N–H and O–H groups in total. The fraction of sp³-hybridized carbons (Fsp3) is 0.227. The van der Waals surface area contributed by atoms with Gasteiger partial charge in [0.1, 0.15) is 0 Å². The van der Waals surface area contributed by atoms with Crippen molar-refractivity contribution in [3.05, 3.63) is 75.6 Å². The SMILES string of the molecule is Cc1ccc2[nH]c(=O)c(CNC(=O)c3ccc(N4CCCC4=O)cc3)cc2c1. The summed E-state index contributed by atoms with van der Waals surface area (Å²) in [5.41, 5.74) is 3.47. The van der Waals surface area contributed by atoms with Crippen molar-refractivity contribution in [2.45, 2.75) is 26.3 Å². The number of aromatic nitrogens is 1. The number of anilines is 1. The van der Waals surface area contributed by atoms with Crippen molar-refractivity contribution < 1.29 is 9.59 Å². The number of nitrogens with one attached hydrogen (secondary N) is 2. The van der Waals surface area contributed by atoms with Gasteiger partial charge in [0.25, 0.3) is 11.5 Å². The van der Waals surface area contributed by atoms with Gasteiger partial charge in [-0.15, -0.1) is 0 Å². The Morgan fingerprint density at radius 2 is 1.89 bits per heavy atom. The number of pyridine rings is 1. The normalized spacial score (nSPS) is 13.9. The zero-order valence-corrected chi connectivity index (χ0v) is 15.6. The smallest absolute Gasteiger partial charge is 0.253 e. The Morgan fingerprint density at radius 3 is 2.61 bits per heavy atom. The van der Waals surface area contributed by atoms with Crippen LogP contribution < -0.4 is 15.8 Å². The van der Waals surface area contributed by atoms with Crippen molar-refractivity contribution in [3.63, 3.8) is 0 Å². The lowest BCUT2D eigenvalue weighted by molar-refractivity contribution is -0.117. The minimum Gasteiger partial charge on any atom is -0.348 e. The van der Waals surface area contributed by atoms with Gasteiger partial charge >= 0.3 is 0 Å². The van der Waals surface area contributed by atoms with Gasteiger partial charge in [-0.05, 0) is 61.2 Å². The topological polar surface area (TPSA) is 82.3 Å². The predicted octanol–water partition coefficient (Wildman–Crippen LogP) is 2.89. The van der Waals surface area contributed by atoms with Crippen molar-refractivity contribution >= 4 is 28.4 Å². The van der Waals surface area contributed by atoms with E-state index in [-0.39, 0.29) is 23.9 Å². The van der Waals surface area contributed by atoms with Crippen molar-refractivity contribution in [1.82, 2.24) is 10.3 Å². The van der Waals surface area contributed by atoms with Crippen LogP contribution in [0.15, 0.2) is 53.3 Å². The molecule has 2 heterocycles. The summed E-state index contributed by atoms with van der Waals surface area (Å²) >= 11 is 0. The van der Waals surface area contributed by atoms with E-state index in [4.69, 9.17) is 0 Å². The monoisotopic (exact) mass is 375 g/mol. The van der Waals surface area contributed by atoms with E-state index in [2.05, 4.69) is 10.3 Å². The van der Waals surface area contributed by atoms with Gasteiger partial charge in [-0.25, -0.2) is 0 Å². The minimum absolute atomic E-state index is 0.114.